The van der Waals surface area contributed by atoms with E-state index in [0.29, 0.717) is 18.5 Å². The summed E-state index contributed by atoms with van der Waals surface area (Å²) in [7, 11) is 0. The Balaban J connectivity index is 2.25. The molecule has 1 N–H and O–H groups in total. The van der Waals surface area contributed by atoms with Crippen LogP contribution in [0, 0.1) is 5.82 Å². The summed E-state index contributed by atoms with van der Waals surface area (Å²) in [6.45, 7) is 3.91. The van der Waals surface area contributed by atoms with Crippen molar-refractivity contribution in [3.05, 3.63) is 35.6 Å². The molecule has 1 heterocycles. The number of carbonyl (C=O) groups is 2. The molecule has 1 saturated heterocycles. The van der Waals surface area contributed by atoms with Crippen molar-refractivity contribution in [2.45, 2.75) is 44.6 Å². The number of benzene rings is 1. The molecule has 1 fully saturated rings. The fourth-order valence-electron chi connectivity index (χ4n) is 2.96. The van der Waals surface area contributed by atoms with Crippen LogP contribution in [0.5, 0.6) is 0 Å². The van der Waals surface area contributed by atoms with Gasteiger partial charge in [-0.05, 0) is 32.8 Å². The van der Waals surface area contributed by atoms with Gasteiger partial charge < -0.3 is 10.0 Å². The SMILES string of the molecule is CC(C)(C(=O)N1CCCC1CC(=O)O)c1ccccc1F. The number of carboxylic acid groups (broad SMARTS) is 1. The van der Waals surface area contributed by atoms with Crippen molar-refractivity contribution in [2.24, 2.45) is 0 Å². The Bertz CT molecular complexity index is 556. The first-order valence-corrected chi connectivity index (χ1v) is 7.12. The van der Waals surface area contributed by atoms with Gasteiger partial charge in [-0.2, -0.15) is 0 Å². The van der Waals surface area contributed by atoms with E-state index in [1.54, 1.807) is 36.9 Å². The second-order valence-electron chi connectivity index (χ2n) is 6.00. The summed E-state index contributed by atoms with van der Waals surface area (Å²) in [5.41, 5.74) is -0.664. The summed E-state index contributed by atoms with van der Waals surface area (Å²) in [5, 5.41) is 8.94. The van der Waals surface area contributed by atoms with Crippen LogP contribution < -0.4 is 0 Å². The summed E-state index contributed by atoms with van der Waals surface area (Å²) in [4.78, 5) is 25.3. The quantitative estimate of drug-likeness (QED) is 0.928. The average molecular weight is 293 g/mol. The fraction of sp³-hybridized carbons (Fsp3) is 0.500. The van der Waals surface area contributed by atoms with Gasteiger partial charge >= 0.3 is 5.97 Å². The molecule has 4 nitrogen and oxygen atoms in total. The van der Waals surface area contributed by atoms with E-state index in [1.165, 1.54) is 6.07 Å². The maximum absolute atomic E-state index is 14.0. The molecule has 2 rings (SSSR count). The summed E-state index contributed by atoms with van der Waals surface area (Å²) < 4.78 is 14.0. The average Bonchev–Trinajstić information content (AvgIpc) is 2.85. The van der Waals surface area contributed by atoms with Crippen LogP contribution in [0.25, 0.3) is 0 Å². The van der Waals surface area contributed by atoms with Gasteiger partial charge in [0.05, 0.1) is 11.8 Å². The monoisotopic (exact) mass is 293 g/mol. The van der Waals surface area contributed by atoms with Gasteiger partial charge in [-0.3, -0.25) is 9.59 Å². The third-order valence-electron chi connectivity index (χ3n) is 4.13. The molecule has 1 amide bonds. The number of amides is 1. The summed E-state index contributed by atoms with van der Waals surface area (Å²) in [5.74, 6) is -1.54. The van der Waals surface area contributed by atoms with Gasteiger partial charge in [-0.15, -0.1) is 0 Å². The lowest BCUT2D eigenvalue weighted by atomic mass is 9.82. The molecule has 1 unspecified atom stereocenters. The van der Waals surface area contributed by atoms with Gasteiger partial charge in [0.15, 0.2) is 0 Å². The standard InChI is InChI=1S/C16H20FNO3/c1-16(2,12-7-3-4-8-13(12)17)15(21)18-9-5-6-11(18)10-14(19)20/h3-4,7-8,11H,5-6,9-10H2,1-2H3,(H,19,20). The van der Waals surface area contributed by atoms with E-state index in [0.717, 1.165) is 6.42 Å². The number of rotatable bonds is 4. The Hall–Kier alpha value is -1.91. The van der Waals surface area contributed by atoms with Crippen LogP contribution in [0.2, 0.25) is 0 Å². The van der Waals surface area contributed by atoms with E-state index in [1.807, 2.05) is 0 Å². The molecule has 21 heavy (non-hydrogen) atoms. The predicted molar refractivity (Wildman–Crippen MR) is 76.4 cm³/mol. The van der Waals surface area contributed by atoms with Crippen molar-refractivity contribution >= 4 is 11.9 Å². The molecular weight excluding hydrogens is 273 g/mol. The molecular formula is C16H20FNO3. The number of carbonyl (C=O) groups excluding carboxylic acids is 1. The van der Waals surface area contributed by atoms with Gasteiger partial charge in [0.25, 0.3) is 0 Å². The van der Waals surface area contributed by atoms with Crippen molar-refractivity contribution < 1.29 is 19.1 Å². The number of aliphatic carboxylic acids is 1. The van der Waals surface area contributed by atoms with Crippen molar-refractivity contribution in [3.8, 4) is 0 Å². The highest BCUT2D eigenvalue weighted by atomic mass is 19.1. The summed E-state index contributed by atoms with van der Waals surface area (Å²) in [6.07, 6.45) is 1.42. The van der Waals surface area contributed by atoms with Crippen LogP contribution in [0.1, 0.15) is 38.7 Å². The molecule has 1 aliphatic heterocycles. The fourth-order valence-corrected chi connectivity index (χ4v) is 2.96. The van der Waals surface area contributed by atoms with E-state index in [4.69, 9.17) is 5.11 Å². The molecule has 1 atom stereocenters. The zero-order chi connectivity index (χ0) is 15.6. The second kappa shape index (κ2) is 5.84. The van der Waals surface area contributed by atoms with Gasteiger partial charge in [-0.1, -0.05) is 18.2 Å². The van der Waals surface area contributed by atoms with Gasteiger partial charge in [0, 0.05) is 18.2 Å². The number of halogens is 1. The number of likely N-dealkylation sites (tertiary alicyclic amines) is 1. The third kappa shape index (κ3) is 3.06. The first-order chi connectivity index (χ1) is 9.84. The number of hydrogen-bond acceptors (Lipinski definition) is 2. The van der Waals surface area contributed by atoms with Gasteiger partial charge in [0.2, 0.25) is 5.91 Å². The molecule has 0 aliphatic carbocycles. The van der Waals surface area contributed by atoms with E-state index in [2.05, 4.69) is 0 Å². The van der Waals surface area contributed by atoms with Crippen LogP contribution in [0.15, 0.2) is 24.3 Å². The van der Waals surface area contributed by atoms with E-state index in [-0.39, 0.29) is 18.4 Å². The molecule has 0 radical (unpaired) electrons. The minimum Gasteiger partial charge on any atom is -0.481 e. The third-order valence-corrected chi connectivity index (χ3v) is 4.13. The first-order valence-electron chi connectivity index (χ1n) is 7.12. The Kier molecular flexibility index (Phi) is 4.30. The van der Waals surface area contributed by atoms with Crippen molar-refractivity contribution in [3.63, 3.8) is 0 Å². The number of carboxylic acids is 1. The van der Waals surface area contributed by atoms with Gasteiger partial charge in [-0.25, -0.2) is 4.39 Å². The second-order valence-corrected chi connectivity index (χ2v) is 6.00. The van der Waals surface area contributed by atoms with Crippen LogP contribution >= 0.6 is 0 Å². The molecule has 114 valence electrons. The number of nitrogens with zero attached hydrogens (tertiary/aromatic N) is 1. The predicted octanol–water partition coefficient (Wildman–Crippen LogP) is 2.57. The van der Waals surface area contributed by atoms with Crippen molar-refractivity contribution in [1.29, 1.82) is 0 Å². The minimum atomic E-state index is -1.01. The van der Waals surface area contributed by atoms with Crippen molar-refractivity contribution in [1.82, 2.24) is 4.90 Å². The Morgan fingerprint density at radius 1 is 1.38 bits per heavy atom. The molecule has 0 saturated carbocycles. The molecule has 1 aromatic rings. The molecule has 0 aromatic heterocycles. The van der Waals surface area contributed by atoms with Gasteiger partial charge in [0.1, 0.15) is 5.82 Å². The van der Waals surface area contributed by atoms with Crippen LogP contribution in [-0.4, -0.2) is 34.5 Å². The Labute approximate surface area is 123 Å². The zero-order valence-electron chi connectivity index (χ0n) is 12.3. The van der Waals surface area contributed by atoms with Crippen LogP contribution in [-0.2, 0) is 15.0 Å². The van der Waals surface area contributed by atoms with E-state index < -0.39 is 17.2 Å². The Morgan fingerprint density at radius 3 is 2.67 bits per heavy atom. The Morgan fingerprint density at radius 2 is 2.05 bits per heavy atom. The maximum Gasteiger partial charge on any atom is 0.305 e. The largest absolute Gasteiger partial charge is 0.481 e. The molecule has 1 aliphatic rings. The molecule has 0 spiro atoms. The molecule has 5 heteroatoms. The summed E-state index contributed by atoms with van der Waals surface area (Å²) in [6, 6.07) is 5.94. The van der Waals surface area contributed by atoms with Crippen molar-refractivity contribution in [2.75, 3.05) is 6.54 Å². The lowest BCUT2D eigenvalue weighted by Gasteiger charge is -2.33. The lowest BCUT2D eigenvalue weighted by Crippen LogP contribution is -2.46. The number of hydrogen-bond donors (Lipinski definition) is 1. The highest BCUT2D eigenvalue weighted by molar-refractivity contribution is 5.88. The highest BCUT2D eigenvalue weighted by Gasteiger charge is 2.40. The summed E-state index contributed by atoms with van der Waals surface area (Å²) >= 11 is 0. The molecule has 0 bridgehead atoms. The topological polar surface area (TPSA) is 57.6 Å². The maximum atomic E-state index is 14.0. The van der Waals surface area contributed by atoms with E-state index in [9.17, 15) is 14.0 Å². The van der Waals surface area contributed by atoms with E-state index >= 15 is 0 Å². The normalized spacial score (nSPS) is 18.8. The minimum absolute atomic E-state index is 0.0565. The lowest BCUT2D eigenvalue weighted by molar-refractivity contribution is -0.141. The van der Waals surface area contributed by atoms with Crippen LogP contribution in [0.3, 0.4) is 0 Å². The van der Waals surface area contributed by atoms with Crippen LogP contribution in [0.4, 0.5) is 4.39 Å². The first kappa shape index (κ1) is 15.5. The highest BCUT2D eigenvalue weighted by Crippen LogP contribution is 2.32. The molecule has 1 aromatic carbocycles. The smallest absolute Gasteiger partial charge is 0.305 e. The zero-order valence-corrected chi connectivity index (χ0v) is 12.3.